The first-order valence-electron chi connectivity index (χ1n) is 3.95. The van der Waals surface area contributed by atoms with Crippen molar-refractivity contribution >= 4 is 27.4 Å². The van der Waals surface area contributed by atoms with Gasteiger partial charge in [-0.25, -0.2) is 8.42 Å². The molecule has 4 nitrogen and oxygen atoms in total. The van der Waals surface area contributed by atoms with Crippen molar-refractivity contribution in [2.75, 3.05) is 6.26 Å². The molecule has 1 aromatic carbocycles. The van der Waals surface area contributed by atoms with Crippen LogP contribution in [0.25, 0.3) is 0 Å². The molecule has 0 saturated heterocycles. The largest absolute Gasteiger partial charge is 1.00 e. The summed E-state index contributed by atoms with van der Waals surface area (Å²) in [6.07, 6.45) is 1.03. The summed E-state index contributed by atoms with van der Waals surface area (Å²) in [4.78, 5) is 10.6. The molecule has 0 fully saturated rings. The molecular formula is C9H8ClKO4S. The number of sulfone groups is 1. The second-order valence-electron chi connectivity index (χ2n) is 3.11. The Labute approximate surface area is 141 Å². The van der Waals surface area contributed by atoms with Crippen molar-refractivity contribution in [1.29, 1.82) is 0 Å². The van der Waals surface area contributed by atoms with Crippen molar-refractivity contribution < 1.29 is 69.7 Å². The molecule has 0 spiro atoms. The van der Waals surface area contributed by atoms with Crippen LogP contribution in [0, 0.1) is 6.92 Å². The number of halogens is 1. The van der Waals surface area contributed by atoms with Crippen molar-refractivity contribution in [2.24, 2.45) is 0 Å². The van der Waals surface area contributed by atoms with E-state index in [-0.39, 0.29) is 72.4 Å². The summed E-state index contributed by atoms with van der Waals surface area (Å²) in [6, 6.07) is 2.34. The second-order valence-corrected chi connectivity index (χ2v) is 5.47. The average molecular weight is 287 g/mol. The number of carbonyl (C=O) groups excluding carboxylic acids is 1. The zero-order chi connectivity index (χ0) is 11.8. The van der Waals surface area contributed by atoms with Crippen LogP contribution in [0.2, 0.25) is 5.02 Å². The molecule has 0 aromatic heterocycles. The van der Waals surface area contributed by atoms with Gasteiger partial charge in [0.05, 0.1) is 15.9 Å². The third kappa shape index (κ3) is 3.53. The predicted octanol–water partition coefficient (Wildman–Crippen LogP) is -2.58. The van der Waals surface area contributed by atoms with Gasteiger partial charge in [-0.05, 0) is 18.6 Å². The van der Waals surface area contributed by atoms with Gasteiger partial charge in [-0.15, -0.1) is 0 Å². The summed E-state index contributed by atoms with van der Waals surface area (Å²) in [6.45, 7) is 1.45. The summed E-state index contributed by atoms with van der Waals surface area (Å²) < 4.78 is 22.5. The Morgan fingerprint density at radius 3 is 2.25 bits per heavy atom. The van der Waals surface area contributed by atoms with Gasteiger partial charge in [0, 0.05) is 11.8 Å². The maximum absolute atomic E-state index is 11.3. The fourth-order valence-electron chi connectivity index (χ4n) is 1.23. The van der Waals surface area contributed by atoms with E-state index in [1.54, 1.807) is 0 Å². The Bertz CT molecular complexity index is 525. The minimum Gasteiger partial charge on any atom is -0.545 e. The van der Waals surface area contributed by atoms with Crippen LogP contribution in [-0.4, -0.2) is 20.6 Å². The van der Waals surface area contributed by atoms with Crippen LogP contribution >= 0.6 is 11.6 Å². The van der Waals surface area contributed by atoms with Gasteiger partial charge in [0.25, 0.3) is 0 Å². The first-order chi connectivity index (χ1) is 6.75. The van der Waals surface area contributed by atoms with Crippen LogP contribution < -0.4 is 56.5 Å². The summed E-state index contributed by atoms with van der Waals surface area (Å²) in [5, 5.41) is 10.5. The molecule has 0 aliphatic carbocycles. The molecule has 0 N–H and O–H groups in total. The maximum Gasteiger partial charge on any atom is 1.00 e. The van der Waals surface area contributed by atoms with Crippen LogP contribution in [0.1, 0.15) is 15.9 Å². The van der Waals surface area contributed by atoms with E-state index in [2.05, 4.69) is 0 Å². The number of rotatable bonds is 2. The van der Waals surface area contributed by atoms with Gasteiger partial charge >= 0.3 is 51.4 Å². The predicted molar refractivity (Wildman–Crippen MR) is 53.6 cm³/mol. The molecule has 0 bridgehead atoms. The van der Waals surface area contributed by atoms with Crippen molar-refractivity contribution in [1.82, 2.24) is 0 Å². The van der Waals surface area contributed by atoms with Gasteiger partial charge in [0.1, 0.15) is 0 Å². The van der Waals surface area contributed by atoms with Gasteiger partial charge in [-0.2, -0.15) is 0 Å². The molecule has 16 heavy (non-hydrogen) atoms. The molecule has 0 amide bonds. The van der Waals surface area contributed by atoms with E-state index in [9.17, 15) is 18.3 Å². The third-order valence-corrected chi connectivity index (χ3v) is 3.68. The van der Waals surface area contributed by atoms with Gasteiger partial charge in [0.15, 0.2) is 9.84 Å². The fraction of sp³-hybridized carbons (Fsp3) is 0.222. The maximum atomic E-state index is 11.3. The molecule has 1 aromatic rings. The number of carboxylic acid groups (broad SMARTS) is 1. The minimum absolute atomic E-state index is 0. The van der Waals surface area contributed by atoms with E-state index < -0.39 is 15.8 Å². The Hall–Kier alpha value is 0.566. The van der Waals surface area contributed by atoms with Crippen LogP contribution in [0.4, 0.5) is 0 Å². The second kappa shape index (κ2) is 5.95. The molecule has 0 atom stereocenters. The van der Waals surface area contributed by atoms with Crippen LogP contribution in [0.5, 0.6) is 0 Å². The van der Waals surface area contributed by atoms with E-state index >= 15 is 0 Å². The molecule has 0 heterocycles. The van der Waals surface area contributed by atoms with Gasteiger partial charge < -0.3 is 9.90 Å². The minimum atomic E-state index is -3.40. The molecule has 7 heteroatoms. The molecule has 0 aliphatic rings. The SMILES string of the molecule is Cc1c(S(C)(=O)=O)ccc(C(=O)[O-])c1Cl.[K+]. The zero-order valence-corrected chi connectivity index (χ0v) is 13.8. The number of benzene rings is 1. The Morgan fingerprint density at radius 2 is 1.88 bits per heavy atom. The van der Waals surface area contributed by atoms with Crippen LogP contribution in [-0.2, 0) is 9.84 Å². The molecule has 1 rings (SSSR count). The number of carbonyl (C=O) groups is 1. The summed E-state index contributed by atoms with van der Waals surface area (Å²) in [5.74, 6) is -1.43. The number of hydrogen-bond acceptors (Lipinski definition) is 4. The van der Waals surface area contributed by atoms with E-state index in [0.29, 0.717) is 0 Å². The molecule has 82 valence electrons. The van der Waals surface area contributed by atoms with Crippen molar-refractivity contribution in [3.8, 4) is 0 Å². The van der Waals surface area contributed by atoms with E-state index in [0.717, 1.165) is 12.3 Å². The van der Waals surface area contributed by atoms with E-state index in [4.69, 9.17) is 11.6 Å². The van der Waals surface area contributed by atoms with Crippen LogP contribution in [0.15, 0.2) is 17.0 Å². The normalized spacial score (nSPS) is 10.7. The van der Waals surface area contributed by atoms with Gasteiger partial charge in [-0.1, -0.05) is 17.7 Å². The Morgan fingerprint density at radius 1 is 1.38 bits per heavy atom. The van der Waals surface area contributed by atoms with Crippen LogP contribution in [0.3, 0.4) is 0 Å². The average Bonchev–Trinajstić information content (AvgIpc) is 2.06. The van der Waals surface area contributed by atoms with Crippen molar-refractivity contribution in [3.63, 3.8) is 0 Å². The Kier molecular flexibility index (Phi) is 6.16. The molecule has 0 unspecified atom stereocenters. The first kappa shape index (κ1) is 16.6. The number of hydrogen-bond donors (Lipinski definition) is 0. The Balaban J connectivity index is 0.00000225. The van der Waals surface area contributed by atoms with Gasteiger partial charge in [-0.3, -0.25) is 0 Å². The fourth-order valence-corrected chi connectivity index (χ4v) is 2.50. The quantitative estimate of drug-likeness (QED) is 0.560. The van der Waals surface area contributed by atoms with Crippen molar-refractivity contribution in [3.05, 3.63) is 28.3 Å². The number of aromatic carboxylic acids is 1. The zero-order valence-electron chi connectivity index (χ0n) is 9.07. The molecule has 0 saturated carbocycles. The van der Waals surface area contributed by atoms with E-state index in [1.165, 1.54) is 13.0 Å². The summed E-state index contributed by atoms with van der Waals surface area (Å²) in [5.41, 5.74) is 0.0161. The smallest absolute Gasteiger partial charge is 0.545 e. The number of carboxylic acids is 1. The first-order valence-corrected chi connectivity index (χ1v) is 6.22. The molecular weight excluding hydrogens is 279 g/mol. The van der Waals surface area contributed by atoms with E-state index in [1.807, 2.05) is 0 Å². The monoisotopic (exact) mass is 286 g/mol. The standard InChI is InChI=1S/C9H9ClO4S.K/c1-5-7(15(2,13)14)4-3-6(8(5)10)9(11)12;/h3-4H,1-2H3,(H,11,12);/q;+1/p-1. The van der Waals surface area contributed by atoms with Crippen molar-refractivity contribution in [2.45, 2.75) is 11.8 Å². The van der Waals surface area contributed by atoms with Gasteiger partial charge in [0.2, 0.25) is 0 Å². The topological polar surface area (TPSA) is 74.3 Å². The third-order valence-electron chi connectivity index (χ3n) is 1.96. The molecule has 0 aliphatic heterocycles. The molecule has 0 radical (unpaired) electrons. The summed E-state index contributed by atoms with van der Waals surface area (Å²) in [7, 11) is -3.40. The summed E-state index contributed by atoms with van der Waals surface area (Å²) >= 11 is 5.71.